The second kappa shape index (κ2) is 12.4. The summed E-state index contributed by atoms with van der Waals surface area (Å²) in [6.07, 6.45) is -5.95. The molecule has 1 aromatic rings. The lowest BCUT2D eigenvalue weighted by Crippen LogP contribution is -2.65. The van der Waals surface area contributed by atoms with Crippen LogP contribution in [0, 0.1) is 0 Å². The summed E-state index contributed by atoms with van der Waals surface area (Å²) in [5.41, 5.74) is 0.942. The van der Waals surface area contributed by atoms with Crippen molar-refractivity contribution in [3.8, 4) is 0 Å². The zero-order valence-electron chi connectivity index (χ0n) is 22.0. The predicted octanol–water partition coefficient (Wildman–Crippen LogP) is 3.19. The number of methoxy groups -OCH3 is 1. The van der Waals surface area contributed by atoms with Crippen molar-refractivity contribution in [1.82, 2.24) is 0 Å². The molecule has 0 unspecified atom stereocenters. The highest BCUT2D eigenvalue weighted by Crippen LogP contribution is 2.40. The molecule has 0 bridgehead atoms. The third-order valence-electron chi connectivity index (χ3n) is 6.45. The van der Waals surface area contributed by atoms with E-state index in [0.29, 0.717) is 0 Å². The number of hydrogen-bond donors (Lipinski definition) is 1. The predicted molar refractivity (Wildman–Crippen MR) is 131 cm³/mol. The molecule has 2 rings (SSSR count). The van der Waals surface area contributed by atoms with Crippen LogP contribution in [-0.2, 0) is 44.3 Å². The van der Waals surface area contributed by atoms with Gasteiger partial charge in [-0.3, -0.25) is 9.59 Å². The Labute approximate surface area is 209 Å². The van der Waals surface area contributed by atoms with E-state index in [9.17, 15) is 14.7 Å². The van der Waals surface area contributed by atoms with E-state index < -0.39 is 57.1 Å². The quantitative estimate of drug-likeness (QED) is 0.373. The molecule has 1 fully saturated rings. The van der Waals surface area contributed by atoms with Gasteiger partial charge in [-0.2, -0.15) is 0 Å². The van der Waals surface area contributed by atoms with Crippen molar-refractivity contribution in [3.63, 3.8) is 0 Å². The van der Waals surface area contributed by atoms with Crippen LogP contribution >= 0.6 is 0 Å². The first-order chi connectivity index (χ1) is 16.3. The number of hydrogen-bond acceptors (Lipinski definition) is 9. The standard InChI is InChI=1S/C25H40O9Si/c1-16(26)30-15-19(32-17(2)27)21-20(28)22(34-35(7,8)25(3,4)5)23(24(29-6)33-21)31-14-18-12-10-9-11-13-18/h9-13,19-24,28H,14-15H2,1-8H3/t19-,20+,21+,22-,23-,24+/m0/s1. The van der Waals surface area contributed by atoms with Crippen molar-refractivity contribution in [3.05, 3.63) is 35.9 Å². The highest BCUT2D eigenvalue weighted by Gasteiger charge is 2.53. The van der Waals surface area contributed by atoms with Gasteiger partial charge in [-0.1, -0.05) is 51.1 Å². The molecule has 1 saturated heterocycles. The van der Waals surface area contributed by atoms with Crippen molar-refractivity contribution in [1.29, 1.82) is 0 Å². The van der Waals surface area contributed by atoms with Gasteiger partial charge in [0.1, 0.15) is 31.0 Å². The van der Waals surface area contributed by atoms with Crippen molar-refractivity contribution in [2.45, 2.75) is 96.2 Å². The minimum atomic E-state index is -2.40. The van der Waals surface area contributed by atoms with Crippen LogP contribution in [0.1, 0.15) is 40.2 Å². The van der Waals surface area contributed by atoms with Crippen LogP contribution in [0.25, 0.3) is 0 Å². The number of benzene rings is 1. The maximum Gasteiger partial charge on any atom is 0.303 e. The Balaban J connectivity index is 2.40. The molecule has 1 aliphatic heterocycles. The number of carbonyl (C=O) groups is 2. The van der Waals surface area contributed by atoms with Crippen LogP contribution < -0.4 is 0 Å². The van der Waals surface area contributed by atoms with Gasteiger partial charge in [-0.05, 0) is 23.7 Å². The van der Waals surface area contributed by atoms with Gasteiger partial charge in [0.15, 0.2) is 20.7 Å². The number of carbonyl (C=O) groups excluding carboxylic acids is 2. The first kappa shape index (κ1) is 29.4. The van der Waals surface area contributed by atoms with Crippen LogP contribution in [0.4, 0.5) is 0 Å². The molecule has 1 aliphatic rings. The van der Waals surface area contributed by atoms with Crippen LogP contribution in [0.2, 0.25) is 18.1 Å². The van der Waals surface area contributed by atoms with E-state index in [2.05, 4.69) is 33.9 Å². The molecule has 1 N–H and O–H groups in total. The largest absolute Gasteiger partial charge is 0.462 e. The molecule has 9 nitrogen and oxygen atoms in total. The number of esters is 2. The van der Waals surface area contributed by atoms with E-state index in [-0.39, 0.29) is 18.3 Å². The van der Waals surface area contributed by atoms with E-state index in [4.69, 9.17) is 28.1 Å². The molecule has 1 heterocycles. The minimum Gasteiger partial charge on any atom is -0.462 e. The summed E-state index contributed by atoms with van der Waals surface area (Å²) >= 11 is 0. The molecular weight excluding hydrogens is 472 g/mol. The molecule has 6 atom stereocenters. The average Bonchev–Trinajstić information content (AvgIpc) is 2.76. The fraction of sp³-hybridized carbons (Fsp3) is 0.680. The first-order valence-electron chi connectivity index (χ1n) is 11.8. The summed E-state index contributed by atoms with van der Waals surface area (Å²) in [7, 11) is -0.937. The highest BCUT2D eigenvalue weighted by molar-refractivity contribution is 6.74. The third-order valence-corrected chi connectivity index (χ3v) is 10.9. The van der Waals surface area contributed by atoms with Crippen molar-refractivity contribution >= 4 is 20.3 Å². The van der Waals surface area contributed by atoms with Gasteiger partial charge < -0.3 is 33.2 Å². The topological polar surface area (TPSA) is 110 Å². The Morgan fingerprint density at radius 1 is 1.09 bits per heavy atom. The molecule has 0 aliphatic carbocycles. The fourth-order valence-electron chi connectivity index (χ4n) is 3.55. The van der Waals surface area contributed by atoms with Gasteiger partial charge in [-0.15, -0.1) is 0 Å². The zero-order valence-corrected chi connectivity index (χ0v) is 23.0. The van der Waals surface area contributed by atoms with Gasteiger partial charge in [0, 0.05) is 21.0 Å². The molecule has 0 amide bonds. The Morgan fingerprint density at radius 2 is 1.71 bits per heavy atom. The Morgan fingerprint density at radius 3 is 2.23 bits per heavy atom. The van der Waals surface area contributed by atoms with Gasteiger partial charge in [-0.25, -0.2) is 0 Å². The number of ether oxygens (including phenoxy) is 5. The molecule has 10 heteroatoms. The molecule has 1 aromatic carbocycles. The zero-order chi connectivity index (χ0) is 26.4. The monoisotopic (exact) mass is 512 g/mol. The average molecular weight is 513 g/mol. The summed E-state index contributed by atoms with van der Waals surface area (Å²) in [6.45, 7) is 12.9. The normalized spacial score (nSPS) is 26.1. The smallest absolute Gasteiger partial charge is 0.303 e. The lowest BCUT2D eigenvalue weighted by Gasteiger charge is -2.49. The molecule has 198 valence electrons. The minimum absolute atomic E-state index is 0.153. The van der Waals surface area contributed by atoms with Gasteiger partial charge >= 0.3 is 11.9 Å². The fourth-order valence-corrected chi connectivity index (χ4v) is 4.86. The number of rotatable bonds is 10. The van der Waals surface area contributed by atoms with Crippen molar-refractivity contribution in [2.24, 2.45) is 0 Å². The third kappa shape index (κ3) is 8.09. The van der Waals surface area contributed by atoms with Gasteiger partial charge in [0.2, 0.25) is 0 Å². The van der Waals surface area contributed by atoms with Crippen molar-refractivity contribution in [2.75, 3.05) is 13.7 Å². The number of aliphatic hydroxyl groups is 1. The van der Waals surface area contributed by atoms with E-state index in [1.54, 1.807) is 0 Å². The Kier molecular flexibility index (Phi) is 10.4. The molecule has 0 saturated carbocycles. The van der Waals surface area contributed by atoms with Crippen molar-refractivity contribution < 1.29 is 42.8 Å². The van der Waals surface area contributed by atoms with Crippen LogP contribution in [0.15, 0.2) is 30.3 Å². The van der Waals surface area contributed by atoms with E-state index >= 15 is 0 Å². The van der Waals surface area contributed by atoms with Crippen LogP contribution in [0.5, 0.6) is 0 Å². The summed E-state index contributed by atoms with van der Waals surface area (Å²) < 4.78 is 35.0. The molecule has 0 aromatic heterocycles. The molecule has 0 radical (unpaired) electrons. The lowest BCUT2D eigenvalue weighted by atomic mass is 9.95. The Hall–Kier alpha value is -1.82. The first-order valence-corrected chi connectivity index (χ1v) is 14.7. The Bertz CT molecular complexity index is 824. The maximum absolute atomic E-state index is 11.8. The summed E-state index contributed by atoms with van der Waals surface area (Å²) in [6, 6.07) is 9.61. The van der Waals surface area contributed by atoms with E-state index in [1.807, 2.05) is 30.3 Å². The second-order valence-corrected chi connectivity index (χ2v) is 15.0. The summed E-state index contributed by atoms with van der Waals surface area (Å²) in [5, 5.41) is 11.3. The molecular formula is C25H40O9Si. The van der Waals surface area contributed by atoms with Gasteiger partial charge in [0.25, 0.3) is 0 Å². The second-order valence-electron chi connectivity index (χ2n) is 10.2. The summed E-state index contributed by atoms with van der Waals surface area (Å²) in [5.74, 6) is -1.15. The van der Waals surface area contributed by atoms with Crippen LogP contribution in [-0.4, -0.2) is 75.9 Å². The molecule has 0 spiro atoms. The van der Waals surface area contributed by atoms with E-state index in [0.717, 1.165) is 5.56 Å². The summed E-state index contributed by atoms with van der Waals surface area (Å²) in [4.78, 5) is 23.2. The number of aliphatic hydroxyl groups excluding tert-OH is 1. The molecule has 35 heavy (non-hydrogen) atoms. The highest BCUT2D eigenvalue weighted by atomic mass is 28.4. The lowest BCUT2D eigenvalue weighted by molar-refractivity contribution is -0.314. The van der Waals surface area contributed by atoms with E-state index in [1.165, 1.54) is 21.0 Å². The maximum atomic E-state index is 11.8. The van der Waals surface area contributed by atoms with Crippen LogP contribution in [0.3, 0.4) is 0 Å². The van der Waals surface area contributed by atoms with Gasteiger partial charge in [0.05, 0.1) is 6.61 Å². The SMILES string of the molecule is CO[C@@H]1O[C@H]([C@H](COC(C)=O)OC(C)=O)[C@@H](O)[C@H](O[Si](C)(C)C(C)(C)C)[C@@H]1OCc1ccccc1.